The lowest BCUT2D eigenvalue weighted by Crippen LogP contribution is -2.21. The minimum atomic E-state index is -0.186. The molecule has 1 aromatic heterocycles. The van der Waals surface area contributed by atoms with Gasteiger partial charge in [0, 0.05) is 11.4 Å². The molecule has 1 fully saturated rings. The second kappa shape index (κ2) is 9.96. The zero-order valence-corrected chi connectivity index (χ0v) is 18.4. The molecule has 1 N–H and O–H groups in total. The summed E-state index contributed by atoms with van der Waals surface area (Å²) in [7, 11) is 0. The third kappa shape index (κ3) is 5.25. The van der Waals surface area contributed by atoms with E-state index in [0.717, 1.165) is 31.1 Å². The van der Waals surface area contributed by atoms with Crippen LogP contribution in [0.15, 0.2) is 53.7 Å². The maximum Gasteiger partial charge on any atom is 0.234 e. The van der Waals surface area contributed by atoms with Gasteiger partial charge in [-0.05, 0) is 56.3 Å². The number of aromatic nitrogens is 3. The van der Waals surface area contributed by atoms with E-state index >= 15 is 0 Å². The molecule has 1 aliphatic rings. The van der Waals surface area contributed by atoms with Gasteiger partial charge in [0.25, 0.3) is 0 Å². The van der Waals surface area contributed by atoms with Gasteiger partial charge in [0.2, 0.25) is 5.91 Å². The second-order valence-corrected chi connectivity index (χ2v) is 8.55. The molecule has 2 heterocycles. The number of anilines is 1. The molecule has 1 amide bonds. The van der Waals surface area contributed by atoms with E-state index in [4.69, 9.17) is 16.9 Å². The molecule has 9 heteroatoms. The van der Waals surface area contributed by atoms with Gasteiger partial charge in [-0.3, -0.25) is 14.3 Å². The van der Waals surface area contributed by atoms with Crippen molar-refractivity contribution in [3.05, 3.63) is 64.9 Å². The number of carbonyl (C=O) groups excluding carboxylic acids is 1. The van der Waals surface area contributed by atoms with Crippen LogP contribution in [-0.4, -0.2) is 44.4 Å². The van der Waals surface area contributed by atoms with Crippen molar-refractivity contribution in [2.75, 3.05) is 24.2 Å². The predicted octanol–water partition coefficient (Wildman–Crippen LogP) is 4.12. The Hall–Kier alpha value is -2.86. The molecule has 0 radical (unpaired) electrons. The number of benzene rings is 2. The van der Waals surface area contributed by atoms with Crippen molar-refractivity contribution in [1.29, 1.82) is 5.26 Å². The van der Waals surface area contributed by atoms with Gasteiger partial charge in [0.05, 0.1) is 22.9 Å². The lowest BCUT2D eigenvalue weighted by Gasteiger charge is -2.16. The molecule has 0 bridgehead atoms. The highest BCUT2D eigenvalue weighted by atomic mass is 35.5. The van der Waals surface area contributed by atoms with Crippen LogP contribution < -0.4 is 5.32 Å². The molecule has 7 nitrogen and oxygen atoms in total. The first-order valence-electron chi connectivity index (χ1n) is 9.98. The molecular formula is C22H21ClN6OS. The first-order valence-corrected chi connectivity index (χ1v) is 11.3. The predicted molar refractivity (Wildman–Crippen MR) is 121 cm³/mol. The number of thioether (sulfide) groups is 1. The van der Waals surface area contributed by atoms with Gasteiger partial charge in [-0.15, -0.1) is 10.2 Å². The number of para-hydroxylation sites is 1. The van der Waals surface area contributed by atoms with Crippen molar-refractivity contribution in [1.82, 2.24) is 19.7 Å². The Labute approximate surface area is 190 Å². The third-order valence-electron chi connectivity index (χ3n) is 4.98. The molecule has 3 aromatic rings. The van der Waals surface area contributed by atoms with E-state index in [1.807, 2.05) is 41.0 Å². The normalized spacial score (nSPS) is 13.8. The molecule has 0 saturated carbocycles. The maximum atomic E-state index is 12.5. The summed E-state index contributed by atoms with van der Waals surface area (Å²) in [6.07, 6.45) is 2.42. The summed E-state index contributed by atoms with van der Waals surface area (Å²) in [6.45, 7) is 2.87. The summed E-state index contributed by atoms with van der Waals surface area (Å²) in [5, 5.41) is 21.5. The van der Waals surface area contributed by atoms with Crippen molar-refractivity contribution in [3.8, 4) is 11.8 Å². The van der Waals surface area contributed by atoms with Gasteiger partial charge in [0.1, 0.15) is 6.07 Å². The minimum absolute atomic E-state index is 0.173. The summed E-state index contributed by atoms with van der Waals surface area (Å²) in [5.41, 5.74) is 1.90. The largest absolute Gasteiger partial charge is 0.325 e. The van der Waals surface area contributed by atoms with Crippen molar-refractivity contribution >= 4 is 35.0 Å². The van der Waals surface area contributed by atoms with Gasteiger partial charge in [-0.1, -0.05) is 41.6 Å². The SMILES string of the molecule is N#Cc1ccc(NC(=O)CSc2nnc(CN3CCCC3)n2-c2ccccc2)cc1Cl. The number of halogens is 1. The standard InChI is InChI=1S/C22H21ClN6OS/c23-19-12-17(9-8-16(19)13-24)25-21(30)15-31-22-27-26-20(14-28-10-4-5-11-28)29(22)18-6-2-1-3-7-18/h1-3,6-9,12H,4-5,10-11,14-15H2,(H,25,30). The van der Waals surface area contributed by atoms with E-state index in [1.54, 1.807) is 18.2 Å². The Bertz CT molecular complexity index is 1100. The number of likely N-dealkylation sites (tertiary alicyclic amines) is 1. The highest BCUT2D eigenvalue weighted by molar-refractivity contribution is 7.99. The molecule has 1 aliphatic heterocycles. The van der Waals surface area contributed by atoms with Crippen molar-refractivity contribution in [2.45, 2.75) is 24.5 Å². The first kappa shape index (κ1) is 21.4. The van der Waals surface area contributed by atoms with Crippen LogP contribution in [-0.2, 0) is 11.3 Å². The molecule has 4 rings (SSSR count). The Kier molecular flexibility index (Phi) is 6.87. The molecule has 0 aliphatic carbocycles. The van der Waals surface area contributed by atoms with E-state index in [-0.39, 0.29) is 11.7 Å². The van der Waals surface area contributed by atoms with Crippen LogP contribution in [0.3, 0.4) is 0 Å². The van der Waals surface area contributed by atoms with Crippen LogP contribution in [0.1, 0.15) is 24.2 Å². The Morgan fingerprint density at radius 1 is 1.16 bits per heavy atom. The molecular weight excluding hydrogens is 432 g/mol. The summed E-state index contributed by atoms with van der Waals surface area (Å²) in [4.78, 5) is 14.9. The topological polar surface area (TPSA) is 86.8 Å². The smallest absolute Gasteiger partial charge is 0.234 e. The number of carbonyl (C=O) groups is 1. The molecule has 0 atom stereocenters. The lowest BCUT2D eigenvalue weighted by molar-refractivity contribution is -0.113. The summed E-state index contributed by atoms with van der Waals surface area (Å²) < 4.78 is 2.02. The van der Waals surface area contributed by atoms with E-state index in [9.17, 15) is 4.79 Å². The van der Waals surface area contributed by atoms with Gasteiger partial charge >= 0.3 is 0 Å². The van der Waals surface area contributed by atoms with Gasteiger partial charge < -0.3 is 5.32 Å². The molecule has 0 spiro atoms. The number of hydrogen-bond acceptors (Lipinski definition) is 6. The van der Waals surface area contributed by atoms with Crippen LogP contribution in [0.25, 0.3) is 5.69 Å². The van der Waals surface area contributed by atoms with E-state index in [1.165, 1.54) is 24.6 Å². The van der Waals surface area contributed by atoms with Crippen LogP contribution in [0.2, 0.25) is 5.02 Å². The molecule has 1 saturated heterocycles. The van der Waals surface area contributed by atoms with Crippen molar-refractivity contribution in [2.24, 2.45) is 0 Å². The molecule has 2 aromatic carbocycles. The molecule has 31 heavy (non-hydrogen) atoms. The lowest BCUT2D eigenvalue weighted by atomic mass is 10.2. The summed E-state index contributed by atoms with van der Waals surface area (Å²) >= 11 is 7.38. The zero-order chi connectivity index (χ0) is 21.6. The van der Waals surface area contributed by atoms with Crippen LogP contribution >= 0.6 is 23.4 Å². The second-order valence-electron chi connectivity index (χ2n) is 7.20. The first-order chi connectivity index (χ1) is 15.1. The Morgan fingerprint density at radius 2 is 1.94 bits per heavy atom. The third-order valence-corrected chi connectivity index (χ3v) is 6.23. The van der Waals surface area contributed by atoms with Gasteiger partial charge in [-0.25, -0.2) is 0 Å². The summed E-state index contributed by atoms with van der Waals surface area (Å²) in [6, 6.07) is 16.8. The van der Waals surface area contributed by atoms with Crippen LogP contribution in [0.4, 0.5) is 5.69 Å². The maximum absolute atomic E-state index is 12.5. The summed E-state index contributed by atoms with van der Waals surface area (Å²) in [5.74, 6) is 0.858. The number of nitriles is 1. The van der Waals surface area contributed by atoms with Crippen LogP contribution in [0, 0.1) is 11.3 Å². The van der Waals surface area contributed by atoms with Crippen molar-refractivity contribution in [3.63, 3.8) is 0 Å². The minimum Gasteiger partial charge on any atom is -0.325 e. The van der Waals surface area contributed by atoms with Gasteiger partial charge in [-0.2, -0.15) is 5.26 Å². The molecule has 0 unspecified atom stereocenters. The van der Waals surface area contributed by atoms with Crippen molar-refractivity contribution < 1.29 is 4.79 Å². The fraction of sp³-hybridized carbons (Fsp3) is 0.273. The monoisotopic (exact) mass is 452 g/mol. The average Bonchev–Trinajstić information content (AvgIpc) is 3.43. The number of hydrogen-bond donors (Lipinski definition) is 1. The highest BCUT2D eigenvalue weighted by Crippen LogP contribution is 2.25. The number of nitrogens with one attached hydrogen (secondary N) is 1. The Balaban J connectivity index is 1.47. The van der Waals surface area contributed by atoms with E-state index in [2.05, 4.69) is 20.4 Å². The average molecular weight is 453 g/mol. The van der Waals surface area contributed by atoms with E-state index < -0.39 is 0 Å². The highest BCUT2D eigenvalue weighted by Gasteiger charge is 2.20. The number of rotatable bonds is 7. The number of nitrogens with zero attached hydrogens (tertiary/aromatic N) is 5. The number of amides is 1. The quantitative estimate of drug-likeness (QED) is 0.542. The fourth-order valence-corrected chi connectivity index (χ4v) is 4.48. The van der Waals surface area contributed by atoms with E-state index in [0.29, 0.717) is 21.4 Å². The molecule has 158 valence electrons. The Morgan fingerprint density at radius 3 is 2.65 bits per heavy atom. The van der Waals surface area contributed by atoms with Gasteiger partial charge in [0.15, 0.2) is 11.0 Å². The zero-order valence-electron chi connectivity index (χ0n) is 16.8. The van der Waals surface area contributed by atoms with Crippen LogP contribution in [0.5, 0.6) is 0 Å². The fourth-order valence-electron chi connectivity index (χ4n) is 3.48.